The van der Waals surface area contributed by atoms with Gasteiger partial charge in [0.15, 0.2) is 0 Å². The van der Waals surface area contributed by atoms with Crippen LogP contribution in [0.25, 0.3) is 0 Å². The highest BCUT2D eigenvalue weighted by atomic mass is 32.2. The van der Waals surface area contributed by atoms with E-state index < -0.39 is 0 Å². The maximum Gasteiger partial charge on any atom is 0.111 e. The number of hydrogen-bond donors (Lipinski definition) is 0. The summed E-state index contributed by atoms with van der Waals surface area (Å²) in [7, 11) is 0. The van der Waals surface area contributed by atoms with Crippen LogP contribution in [0.2, 0.25) is 0 Å². The first-order valence-electron chi connectivity index (χ1n) is 5.58. The molecule has 0 spiro atoms. The number of rotatable bonds is 0. The molecule has 0 atom stereocenters. The van der Waals surface area contributed by atoms with E-state index in [1.807, 2.05) is 23.5 Å². The molecule has 0 N–H and O–H groups in total. The third-order valence-corrected chi connectivity index (χ3v) is 5.37. The first kappa shape index (κ1) is 12.0. The number of thioether (sulfide) groups is 2. The lowest BCUT2D eigenvalue weighted by atomic mass is 10.1. The smallest absolute Gasteiger partial charge is 0.111 e. The molecule has 0 aromatic heterocycles. The second-order valence-corrected chi connectivity index (χ2v) is 6.72. The monoisotopic (exact) mass is 248 g/mol. The normalized spacial score (nSPS) is 16.6. The zero-order valence-corrected chi connectivity index (χ0v) is 11.4. The quantitative estimate of drug-likeness (QED) is 0.640. The molecule has 1 saturated heterocycles. The summed E-state index contributed by atoms with van der Waals surface area (Å²) >= 11 is 3.96. The zero-order chi connectivity index (χ0) is 11.4. The molecule has 1 aliphatic rings. The van der Waals surface area contributed by atoms with Crippen LogP contribution < -0.4 is 0 Å². The maximum absolute atomic E-state index is 3.36. The van der Waals surface area contributed by atoms with E-state index in [2.05, 4.69) is 43.9 Å². The van der Waals surface area contributed by atoms with E-state index in [1.165, 1.54) is 29.1 Å². The lowest BCUT2D eigenvalue weighted by Gasteiger charge is -2.14. The van der Waals surface area contributed by atoms with Gasteiger partial charge in [-0.15, -0.1) is 23.5 Å². The van der Waals surface area contributed by atoms with Crippen molar-refractivity contribution in [2.75, 3.05) is 11.5 Å². The average molecular weight is 248 g/mol. The molecule has 1 aliphatic heterocycles. The lowest BCUT2D eigenvalue weighted by molar-refractivity contribution is 1.11. The van der Waals surface area contributed by atoms with Gasteiger partial charge < -0.3 is 0 Å². The van der Waals surface area contributed by atoms with E-state index in [4.69, 9.17) is 0 Å². The molecule has 1 fully saturated rings. The molecular weight excluding hydrogens is 232 g/mol. The highest BCUT2D eigenvalue weighted by molar-refractivity contribution is 8.17. The topological polar surface area (TPSA) is 0 Å². The molecule has 16 heavy (non-hydrogen) atoms. The second kappa shape index (κ2) is 5.70. The molecule has 0 nitrogen and oxygen atoms in total. The van der Waals surface area contributed by atoms with Gasteiger partial charge in [-0.1, -0.05) is 17.9 Å². The molecule has 0 saturated carbocycles. The molecule has 1 aromatic rings. The van der Waals surface area contributed by atoms with Gasteiger partial charge in [-0.25, -0.2) is 0 Å². The van der Waals surface area contributed by atoms with Crippen molar-refractivity contribution in [3.63, 3.8) is 0 Å². The van der Waals surface area contributed by atoms with E-state index in [0.29, 0.717) is 4.58 Å². The summed E-state index contributed by atoms with van der Waals surface area (Å²) in [6, 6.07) is 6.45. The van der Waals surface area contributed by atoms with E-state index in [0.717, 1.165) is 5.56 Å². The van der Waals surface area contributed by atoms with Gasteiger partial charge in [-0.2, -0.15) is 0 Å². The third-order valence-electron chi connectivity index (χ3n) is 2.67. The van der Waals surface area contributed by atoms with Gasteiger partial charge in [-0.05, 0) is 55.0 Å². The Kier molecular flexibility index (Phi) is 4.26. The first-order chi connectivity index (χ1) is 7.75. The summed E-state index contributed by atoms with van der Waals surface area (Å²) in [5.41, 5.74) is 3.82. The molecule has 1 heterocycles. The summed E-state index contributed by atoms with van der Waals surface area (Å²) in [5.74, 6) is 9.18. The standard InChI is InChI=1S/C14H16S2/c1-11-4-5-13(10-12(11)2)6-7-14-15-8-3-9-16-14/h4-5,10,14H,3,8-9H2,1-2H3. The molecule has 0 bridgehead atoms. The minimum absolute atomic E-state index is 0.482. The van der Waals surface area contributed by atoms with Crippen molar-refractivity contribution in [1.29, 1.82) is 0 Å². The zero-order valence-electron chi connectivity index (χ0n) is 9.75. The molecular formula is C14H16S2. The van der Waals surface area contributed by atoms with Crippen LogP contribution in [0.15, 0.2) is 18.2 Å². The van der Waals surface area contributed by atoms with Crippen molar-refractivity contribution in [3.05, 3.63) is 34.9 Å². The van der Waals surface area contributed by atoms with Gasteiger partial charge in [0, 0.05) is 5.56 Å². The largest absolute Gasteiger partial charge is 0.135 e. The Hall–Kier alpha value is -0.520. The molecule has 2 rings (SSSR count). The highest BCUT2D eigenvalue weighted by Crippen LogP contribution is 2.29. The molecule has 84 valence electrons. The number of benzene rings is 1. The Morgan fingerprint density at radius 2 is 1.88 bits per heavy atom. The van der Waals surface area contributed by atoms with Crippen molar-refractivity contribution in [1.82, 2.24) is 0 Å². The first-order valence-corrected chi connectivity index (χ1v) is 7.67. The molecule has 0 amide bonds. The second-order valence-electron chi connectivity index (χ2n) is 4.00. The summed E-state index contributed by atoms with van der Waals surface area (Å²) in [6.45, 7) is 4.28. The van der Waals surface area contributed by atoms with Gasteiger partial charge in [0.2, 0.25) is 0 Å². The van der Waals surface area contributed by atoms with Crippen LogP contribution in [0, 0.1) is 25.7 Å². The summed E-state index contributed by atoms with van der Waals surface area (Å²) in [6.07, 6.45) is 1.33. The van der Waals surface area contributed by atoms with Gasteiger partial charge >= 0.3 is 0 Å². The predicted octanol–water partition coefficient (Wildman–Crippen LogP) is 3.85. The SMILES string of the molecule is Cc1ccc(C#CC2SCCCS2)cc1C. The third kappa shape index (κ3) is 3.23. The van der Waals surface area contributed by atoms with E-state index in [-0.39, 0.29) is 0 Å². The van der Waals surface area contributed by atoms with Gasteiger partial charge in [-0.3, -0.25) is 0 Å². The minimum atomic E-state index is 0.482. The van der Waals surface area contributed by atoms with Crippen molar-refractivity contribution in [2.45, 2.75) is 24.9 Å². The van der Waals surface area contributed by atoms with Crippen LogP contribution in [0.3, 0.4) is 0 Å². The Bertz CT molecular complexity index is 420. The van der Waals surface area contributed by atoms with E-state index in [9.17, 15) is 0 Å². The van der Waals surface area contributed by atoms with Crippen LogP contribution in [0.1, 0.15) is 23.1 Å². The fourth-order valence-electron chi connectivity index (χ4n) is 1.53. The summed E-state index contributed by atoms with van der Waals surface area (Å²) in [5, 5.41) is 0. The van der Waals surface area contributed by atoms with Crippen LogP contribution in [0.5, 0.6) is 0 Å². The molecule has 0 aliphatic carbocycles. The predicted molar refractivity (Wildman–Crippen MR) is 76.1 cm³/mol. The maximum atomic E-state index is 3.36. The van der Waals surface area contributed by atoms with Gasteiger partial charge in [0.1, 0.15) is 4.58 Å². The Balaban J connectivity index is 2.07. The highest BCUT2D eigenvalue weighted by Gasteiger charge is 2.10. The molecule has 0 unspecified atom stereocenters. The Labute approximate surface area is 107 Å². The van der Waals surface area contributed by atoms with Crippen molar-refractivity contribution < 1.29 is 0 Å². The molecule has 2 heteroatoms. The van der Waals surface area contributed by atoms with Crippen molar-refractivity contribution in [3.8, 4) is 11.8 Å². The van der Waals surface area contributed by atoms with Crippen LogP contribution in [-0.4, -0.2) is 16.1 Å². The van der Waals surface area contributed by atoms with E-state index in [1.54, 1.807) is 0 Å². The molecule has 1 aromatic carbocycles. The van der Waals surface area contributed by atoms with Crippen molar-refractivity contribution in [2.24, 2.45) is 0 Å². The van der Waals surface area contributed by atoms with Gasteiger partial charge in [0.05, 0.1) is 0 Å². The summed E-state index contributed by atoms with van der Waals surface area (Å²) < 4.78 is 0.482. The average Bonchev–Trinajstić information content (AvgIpc) is 2.32. The molecule has 0 radical (unpaired) electrons. The van der Waals surface area contributed by atoms with E-state index >= 15 is 0 Å². The fraction of sp³-hybridized carbons (Fsp3) is 0.429. The summed E-state index contributed by atoms with van der Waals surface area (Å²) in [4.78, 5) is 0. The van der Waals surface area contributed by atoms with Crippen LogP contribution >= 0.6 is 23.5 Å². The van der Waals surface area contributed by atoms with Crippen LogP contribution in [0.4, 0.5) is 0 Å². The lowest BCUT2D eigenvalue weighted by Crippen LogP contribution is -2.03. The Morgan fingerprint density at radius 3 is 2.56 bits per heavy atom. The minimum Gasteiger partial charge on any atom is -0.135 e. The van der Waals surface area contributed by atoms with Crippen molar-refractivity contribution >= 4 is 23.5 Å². The van der Waals surface area contributed by atoms with Crippen LogP contribution in [-0.2, 0) is 0 Å². The Morgan fingerprint density at radius 1 is 1.12 bits per heavy atom. The fourth-order valence-corrected chi connectivity index (χ4v) is 4.01. The number of hydrogen-bond acceptors (Lipinski definition) is 2. The van der Waals surface area contributed by atoms with Gasteiger partial charge in [0.25, 0.3) is 0 Å². The number of aryl methyl sites for hydroxylation is 2.